The summed E-state index contributed by atoms with van der Waals surface area (Å²) in [5.74, 6) is -1.96. The quantitative estimate of drug-likeness (QED) is 0.817. The zero-order valence-electron chi connectivity index (χ0n) is 13.1. The average Bonchev–Trinajstić information content (AvgIpc) is 2.60. The molecular weight excluding hydrogens is 371 g/mol. The molecular formula is C17H15Cl2F2N3O. The van der Waals surface area contributed by atoms with Gasteiger partial charge in [-0.25, -0.2) is 13.6 Å². The smallest absolute Gasteiger partial charge is 0.321 e. The van der Waals surface area contributed by atoms with Gasteiger partial charge in [0, 0.05) is 43.0 Å². The van der Waals surface area contributed by atoms with Crippen LogP contribution in [-0.2, 0) is 0 Å². The third-order valence-electron chi connectivity index (χ3n) is 3.99. The SMILES string of the molecule is O=C(Nc1ccc(F)c(F)c1)N1CCN(c2cc(Cl)ccc2Cl)CC1. The average molecular weight is 386 g/mol. The van der Waals surface area contributed by atoms with E-state index in [-0.39, 0.29) is 11.7 Å². The third kappa shape index (κ3) is 4.14. The van der Waals surface area contributed by atoms with Crippen LogP contribution in [0.4, 0.5) is 25.0 Å². The normalized spacial score (nSPS) is 14.6. The van der Waals surface area contributed by atoms with Gasteiger partial charge in [-0.05, 0) is 30.3 Å². The molecule has 0 bridgehead atoms. The van der Waals surface area contributed by atoms with Crippen molar-refractivity contribution < 1.29 is 13.6 Å². The summed E-state index contributed by atoms with van der Waals surface area (Å²) in [5, 5.41) is 3.77. The number of hydrogen-bond acceptors (Lipinski definition) is 2. The number of anilines is 2. The molecule has 2 aromatic carbocycles. The molecule has 0 atom stereocenters. The molecule has 0 aromatic heterocycles. The predicted molar refractivity (Wildman–Crippen MR) is 95.6 cm³/mol. The Balaban J connectivity index is 1.60. The molecule has 25 heavy (non-hydrogen) atoms. The third-order valence-corrected chi connectivity index (χ3v) is 4.54. The van der Waals surface area contributed by atoms with E-state index in [1.807, 2.05) is 0 Å². The van der Waals surface area contributed by atoms with Gasteiger partial charge in [-0.1, -0.05) is 23.2 Å². The van der Waals surface area contributed by atoms with Crippen molar-refractivity contribution in [2.45, 2.75) is 0 Å². The van der Waals surface area contributed by atoms with Crippen molar-refractivity contribution >= 4 is 40.6 Å². The molecule has 1 saturated heterocycles. The van der Waals surface area contributed by atoms with Crippen LogP contribution in [-0.4, -0.2) is 37.1 Å². The number of hydrogen-bond donors (Lipinski definition) is 1. The highest BCUT2D eigenvalue weighted by Crippen LogP contribution is 2.29. The minimum absolute atomic E-state index is 0.212. The Hall–Kier alpha value is -2.05. The lowest BCUT2D eigenvalue weighted by molar-refractivity contribution is 0.208. The molecule has 1 aliphatic heterocycles. The lowest BCUT2D eigenvalue weighted by Gasteiger charge is -2.36. The second-order valence-corrected chi connectivity index (χ2v) is 6.47. The molecule has 4 nitrogen and oxygen atoms in total. The Morgan fingerprint density at radius 3 is 2.36 bits per heavy atom. The van der Waals surface area contributed by atoms with E-state index in [1.54, 1.807) is 23.1 Å². The summed E-state index contributed by atoms with van der Waals surface area (Å²) < 4.78 is 26.1. The van der Waals surface area contributed by atoms with Crippen molar-refractivity contribution in [3.05, 3.63) is 58.1 Å². The molecule has 8 heteroatoms. The van der Waals surface area contributed by atoms with Crippen LogP contribution in [0.3, 0.4) is 0 Å². The Labute approximate surface area is 153 Å². The Kier molecular flexibility index (Phi) is 5.30. The van der Waals surface area contributed by atoms with Gasteiger partial charge >= 0.3 is 6.03 Å². The van der Waals surface area contributed by atoms with Crippen molar-refractivity contribution in [1.82, 2.24) is 4.90 Å². The van der Waals surface area contributed by atoms with Crippen LogP contribution in [0.5, 0.6) is 0 Å². The maximum absolute atomic E-state index is 13.2. The molecule has 132 valence electrons. The van der Waals surface area contributed by atoms with E-state index in [2.05, 4.69) is 10.2 Å². The summed E-state index contributed by atoms with van der Waals surface area (Å²) in [4.78, 5) is 15.9. The minimum atomic E-state index is -1.00. The van der Waals surface area contributed by atoms with E-state index in [0.717, 1.165) is 17.8 Å². The summed E-state index contributed by atoms with van der Waals surface area (Å²) >= 11 is 12.2. The molecule has 3 rings (SSSR count). The van der Waals surface area contributed by atoms with E-state index >= 15 is 0 Å². The summed E-state index contributed by atoms with van der Waals surface area (Å²) in [7, 11) is 0. The van der Waals surface area contributed by atoms with Gasteiger partial charge in [-0.15, -0.1) is 0 Å². The molecule has 0 unspecified atom stereocenters. The first-order valence-corrected chi connectivity index (χ1v) is 8.40. The number of amides is 2. The molecule has 1 fully saturated rings. The molecule has 0 aliphatic carbocycles. The second kappa shape index (κ2) is 7.45. The fourth-order valence-corrected chi connectivity index (χ4v) is 3.06. The molecule has 2 aromatic rings. The van der Waals surface area contributed by atoms with Crippen LogP contribution in [0.2, 0.25) is 10.0 Å². The standard InChI is InChI=1S/C17H15Cl2F2N3O/c18-11-1-3-13(19)16(9-11)23-5-7-24(8-6-23)17(25)22-12-2-4-14(20)15(21)10-12/h1-4,9-10H,5-8H2,(H,22,25). The molecule has 0 saturated carbocycles. The number of rotatable bonds is 2. The molecule has 2 amide bonds. The topological polar surface area (TPSA) is 35.6 Å². The second-order valence-electron chi connectivity index (χ2n) is 5.63. The summed E-state index contributed by atoms with van der Waals surface area (Å²) in [6, 6.07) is 8.14. The first-order chi connectivity index (χ1) is 11.9. The van der Waals surface area contributed by atoms with Crippen LogP contribution in [0.1, 0.15) is 0 Å². The monoisotopic (exact) mass is 385 g/mol. The van der Waals surface area contributed by atoms with Gasteiger partial charge in [0.2, 0.25) is 0 Å². The van der Waals surface area contributed by atoms with Gasteiger partial charge in [-0.3, -0.25) is 0 Å². The van der Waals surface area contributed by atoms with E-state index in [4.69, 9.17) is 23.2 Å². The number of carbonyl (C=O) groups excluding carboxylic acids is 1. The minimum Gasteiger partial charge on any atom is -0.367 e. The van der Waals surface area contributed by atoms with Crippen molar-refractivity contribution in [3.63, 3.8) is 0 Å². The van der Waals surface area contributed by atoms with Crippen LogP contribution in [0, 0.1) is 11.6 Å². The first kappa shape index (κ1) is 17.8. The molecule has 1 aliphatic rings. The largest absolute Gasteiger partial charge is 0.367 e. The summed E-state index contributed by atoms with van der Waals surface area (Å²) in [6.45, 7) is 2.12. The van der Waals surface area contributed by atoms with Crippen molar-refractivity contribution in [1.29, 1.82) is 0 Å². The van der Waals surface area contributed by atoms with Crippen LogP contribution < -0.4 is 10.2 Å². The number of piperazine rings is 1. The fraction of sp³-hybridized carbons (Fsp3) is 0.235. The van der Waals surface area contributed by atoms with Crippen LogP contribution in [0.25, 0.3) is 0 Å². The number of urea groups is 1. The van der Waals surface area contributed by atoms with Gasteiger partial charge in [0.1, 0.15) is 0 Å². The zero-order valence-corrected chi connectivity index (χ0v) is 14.6. The van der Waals surface area contributed by atoms with Crippen molar-refractivity contribution in [3.8, 4) is 0 Å². The van der Waals surface area contributed by atoms with Gasteiger partial charge in [-0.2, -0.15) is 0 Å². The van der Waals surface area contributed by atoms with Gasteiger partial charge in [0.15, 0.2) is 11.6 Å². The van der Waals surface area contributed by atoms with Gasteiger partial charge in [0.25, 0.3) is 0 Å². The summed E-state index contributed by atoms with van der Waals surface area (Å²) in [6.07, 6.45) is 0. The Morgan fingerprint density at radius 1 is 0.960 bits per heavy atom. The number of benzene rings is 2. The predicted octanol–water partition coefficient (Wildman–Crippen LogP) is 4.63. The lowest BCUT2D eigenvalue weighted by Crippen LogP contribution is -2.50. The number of nitrogens with zero attached hydrogens (tertiary/aromatic N) is 2. The highest BCUT2D eigenvalue weighted by atomic mass is 35.5. The number of nitrogens with one attached hydrogen (secondary N) is 1. The van der Waals surface area contributed by atoms with Crippen molar-refractivity contribution in [2.24, 2.45) is 0 Å². The van der Waals surface area contributed by atoms with E-state index in [0.29, 0.717) is 36.2 Å². The lowest BCUT2D eigenvalue weighted by atomic mass is 10.2. The Morgan fingerprint density at radius 2 is 1.68 bits per heavy atom. The fourth-order valence-electron chi connectivity index (χ4n) is 2.66. The maximum atomic E-state index is 13.2. The first-order valence-electron chi connectivity index (χ1n) is 7.65. The molecule has 1 heterocycles. The van der Waals surface area contributed by atoms with E-state index < -0.39 is 11.6 Å². The van der Waals surface area contributed by atoms with Crippen molar-refractivity contribution in [2.75, 3.05) is 36.4 Å². The maximum Gasteiger partial charge on any atom is 0.321 e. The van der Waals surface area contributed by atoms with E-state index in [1.165, 1.54) is 6.07 Å². The van der Waals surface area contributed by atoms with Gasteiger partial charge in [0.05, 0.1) is 10.7 Å². The van der Waals surface area contributed by atoms with Crippen LogP contribution in [0.15, 0.2) is 36.4 Å². The molecule has 0 spiro atoms. The molecule has 1 N–H and O–H groups in total. The highest BCUT2D eigenvalue weighted by Gasteiger charge is 2.23. The van der Waals surface area contributed by atoms with Gasteiger partial charge < -0.3 is 15.1 Å². The number of carbonyl (C=O) groups is 1. The zero-order chi connectivity index (χ0) is 18.0. The Bertz CT molecular complexity index is 795. The molecule has 0 radical (unpaired) electrons. The summed E-state index contributed by atoms with van der Waals surface area (Å²) in [5.41, 5.74) is 1.04. The van der Waals surface area contributed by atoms with Crippen LogP contribution >= 0.6 is 23.2 Å². The number of halogens is 4. The van der Waals surface area contributed by atoms with E-state index in [9.17, 15) is 13.6 Å². The highest BCUT2D eigenvalue weighted by molar-refractivity contribution is 6.35.